The number of nitrogens with one attached hydrogen (secondary N) is 2. The largest absolute Gasteiger partial charge is 0.396 e. The van der Waals surface area contributed by atoms with Gasteiger partial charge in [-0.3, -0.25) is 9.59 Å². The van der Waals surface area contributed by atoms with E-state index in [2.05, 4.69) is 10.6 Å². The van der Waals surface area contributed by atoms with Gasteiger partial charge in [-0.1, -0.05) is 32.9 Å². The van der Waals surface area contributed by atoms with Gasteiger partial charge in [-0.05, 0) is 29.5 Å². The molecule has 2 amide bonds. The summed E-state index contributed by atoms with van der Waals surface area (Å²) in [5, 5.41) is 14.8. The Morgan fingerprint density at radius 3 is 2.23 bits per heavy atom. The normalized spacial score (nSPS) is 12.6. The fraction of sp³-hybridized carbons (Fsp3) is 0.529. The third-order valence-corrected chi connectivity index (χ3v) is 3.53. The zero-order valence-electron chi connectivity index (χ0n) is 13.8. The molecular formula is C17H26N2O3. The first-order chi connectivity index (χ1) is 10.2. The quantitative estimate of drug-likeness (QED) is 0.750. The van der Waals surface area contributed by atoms with E-state index in [0.717, 1.165) is 5.56 Å². The molecule has 0 spiro atoms. The highest BCUT2D eigenvalue weighted by molar-refractivity contribution is 5.94. The van der Waals surface area contributed by atoms with Crippen molar-refractivity contribution in [2.75, 3.05) is 6.61 Å². The molecule has 1 aromatic rings. The lowest BCUT2D eigenvalue weighted by Crippen LogP contribution is -2.44. The SMILES string of the molecule is CC(=O)NCc1ccc(C(=O)NC(CCO)C(C)(C)C)cc1. The number of aliphatic hydroxyl groups is 1. The van der Waals surface area contributed by atoms with Crippen molar-refractivity contribution in [3.05, 3.63) is 35.4 Å². The van der Waals surface area contributed by atoms with E-state index in [1.54, 1.807) is 12.1 Å². The highest BCUT2D eigenvalue weighted by Gasteiger charge is 2.25. The molecule has 0 aromatic heterocycles. The van der Waals surface area contributed by atoms with Crippen LogP contribution < -0.4 is 10.6 Å². The smallest absolute Gasteiger partial charge is 0.251 e. The van der Waals surface area contributed by atoms with Gasteiger partial charge in [0.1, 0.15) is 0 Å². The van der Waals surface area contributed by atoms with Crippen LogP contribution in [-0.4, -0.2) is 29.6 Å². The molecule has 5 nitrogen and oxygen atoms in total. The monoisotopic (exact) mass is 306 g/mol. The summed E-state index contributed by atoms with van der Waals surface area (Å²) in [6, 6.07) is 7.03. The summed E-state index contributed by atoms with van der Waals surface area (Å²) in [5.74, 6) is -0.238. The first-order valence-corrected chi connectivity index (χ1v) is 7.49. The van der Waals surface area contributed by atoms with Crippen molar-refractivity contribution >= 4 is 11.8 Å². The Hall–Kier alpha value is -1.88. The third-order valence-electron chi connectivity index (χ3n) is 3.53. The Kier molecular flexibility index (Phi) is 6.56. The molecule has 122 valence electrons. The van der Waals surface area contributed by atoms with Gasteiger partial charge >= 0.3 is 0 Å². The van der Waals surface area contributed by atoms with Gasteiger partial charge in [0.2, 0.25) is 5.91 Å². The number of hydrogen-bond donors (Lipinski definition) is 3. The molecule has 0 saturated carbocycles. The van der Waals surface area contributed by atoms with Crippen LogP contribution >= 0.6 is 0 Å². The van der Waals surface area contributed by atoms with Crippen LogP contribution in [0.2, 0.25) is 0 Å². The summed E-state index contributed by atoms with van der Waals surface area (Å²) < 4.78 is 0. The van der Waals surface area contributed by atoms with E-state index < -0.39 is 0 Å². The first-order valence-electron chi connectivity index (χ1n) is 7.49. The molecule has 0 bridgehead atoms. The van der Waals surface area contributed by atoms with Crippen LogP contribution in [0.15, 0.2) is 24.3 Å². The van der Waals surface area contributed by atoms with Gasteiger partial charge in [0, 0.05) is 31.7 Å². The van der Waals surface area contributed by atoms with Crippen LogP contribution in [-0.2, 0) is 11.3 Å². The molecule has 1 atom stereocenters. The van der Waals surface area contributed by atoms with Gasteiger partial charge < -0.3 is 15.7 Å². The number of hydrogen-bond acceptors (Lipinski definition) is 3. The van der Waals surface area contributed by atoms with Gasteiger partial charge in [-0.15, -0.1) is 0 Å². The number of carbonyl (C=O) groups excluding carboxylic acids is 2. The van der Waals surface area contributed by atoms with Gasteiger partial charge in [0.15, 0.2) is 0 Å². The van der Waals surface area contributed by atoms with E-state index in [0.29, 0.717) is 18.5 Å². The minimum atomic E-state index is -0.153. The Morgan fingerprint density at radius 2 is 1.77 bits per heavy atom. The Morgan fingerprint density at radius 1 is 1.18 bits per heavy atom. The highest BCUT2D eigenvalue weighted by Crippen LogP contribution is 2.22. The van der Waals surface area contributed by atoms with Gasteiger partial charge in [0.25, 0.3) is 5.91 Å². The number of aliphatic hydroxyl groups excluding tert-OH is 1. The van der Waals surface area contributed by atoms with Crippen molar-refractivity contribution in [3.63, 3.8) is 0 Å². The third kappa shape index (κ3) is 5.85. The van der Waals surface area contributed by atoms with Crippen LogP contribution in [0.4, 0.5) is 0 Å². The van der Waals surface area contributed by atoms with Crippen LogP contribution in [0.3, 0.4) is 0 Å². The summed E-state index contributed by atoms with van der Waals surface area (Å²) >= 11 is 0. The lowest BCUT2D eigenvalue weighted by Gasteiger charge is -2.31. The lowest BCUT2D eigenvalue weighted by atomic mass is 9.84. The summed E-state index contributed by atoms with van der Waals surface area (Å²) in [5.41, 5.74) is 1.39. The van der Waals surface area contributed by atoms with E-state index in [9.17, 15) is 9.59 Å². The number of rotatable bonds is 6. The van der Waals surface area contributed by atoms with E-state index in [-0.39, 0.29) is 29.9 Å². The molecule has 3 N–H and O–H groups in total. The van der Waals surface area contributed by atoms with Crippen molar-refractivity contribution in [1.82, 2.24) is 10.6 Å². The molecule has 0 aliphatic carbocycles. The Labute approximate surface area is 132 Å². The predicted molar refractivity (Wildman–Crippen MR) is 86.4 cm³/mol. The van der Waals surface area contributed by atoms with Gasteiger partial charge in [-0.25, -0.2) is 0 Å². The van der Waals surface area contributed by atoms with Crippen LogP contribution in [0.1, 0.15) is 50.0 Å². The Bertz CT molecular complexity index is 504. The average Bonchev–Trinajstić information content (AvgIpc) is 2.44. The second kappa shape index (κ2) is 7.94. The highest BCUT2D eigenvalue weighted by atomic mass is 16.3. The van der Waals surface area contributed by atoms with E-state index >= 15 is 0 Å². The standard InChI is InChI=1S/C17H26N2O3/c1-12(21)18-11-13-5-7-14(8-6-13)16(22)19-15(9-10-20)17(2,3)4/h5-8,15,20H,9-11H2,1-4H3,(H,18,21)(H,19,22). The van der Waals surface area contributed by atoms with Crippen LogP contribution in [0.25, 0.3) is 0 Å². The van der Waals surface area contributed by atoms with E-state index in [1.807, 2.05) is 32.9 Å². The molecule has 22 heavy (non-hydrogen) atoms. The second-order valence-electron chi connectivity index (χ2n) is 6.51. The fourth-order valence-corrected chi connectivity index (χ4v) is 2.09. The van der Waals surface area contributed by atoms with Crippen molar-refractivity contribution in [1.29, 1.82) is 0 Å². The minimum absolute atomic E-state index is 0.0396. The fourth-order valence-electron chi connectivity index (χ4n) is 2.09. The van der Waals surface area contributed by atoms with Crippen molar-refractivity contribution < 1.29 is 14.7 Å². The maximum atomic E-state index is 12.3. The average molecular weight is 306 g/mol. The topological polar surface area (TPSA) is 78.4 Å². The molecular weight excluding hydrogens is 280 g/mol. The summed E-state index contributed by atoms with van der Waals surface area (Å²) in [7, 11) is 0. The van der Waals surface area contributed by atoms with E-state index in [1.165, 1.54) is 6.92 Å². The summed E-state index contributed by atoms with van der Waals surface area (Å²) in [6.07, 6.45) is 0.524. The number of benzene rings is 1. The predicted octanol–water partition coefficient (Wildman–Crippen LogP) is 1.85. The zero-order valence-corrected chi connectivity index (χ0v) is 13.8. The van der Waals surface area contributed by atoms with Crippen LogP contribution in [0, 0.1) is 5.41 Å². The van der Waals surface area contributed by atoms with Gasteiger partial charge in [0.05, 0.1) is 0 Å². The van der Waals surface area contributed by atoms with Crippen LogP contribution in [0.5, 0.6) is 0 Å². The second-order valence-corrected chi connectivity index (χ2v) is 6.51. The molecule has 5 heteroatoms. The van der Waals surface area contributed by atoms with Crippen molar-refractivity contribution in [2.24, 2.45) is 5.41 Å². The summed E-state index contributed by atoms with van der Waals surface area (Å²) in [6.45, 7) is 8.05. The first kappa shape index (κ1) is 18.2. The number of carbonyl (C=O) groups is 2. The maximum absolute atomic E-state index is 12.3. The Balaban J connectivity index is 2.70. The molecule has 0 aliphatic heterocycles. The molecule has 0 fully saturated rings. The summed E-state index contributed by atoms with van der Waals surface area (Å²) in [4.78, 5) is 23.2. The molecule has 0 aliphatic rings. The molecule has 0 saturated heterocycles. The maximum Gasteiger partial charge on any atom is 0.251 e. The zero-order chi connectivity index (χ0) is 16.8. The van der Waals surface area contributed by atoms with E-state index in [4.69, 9.17) is 5.11 Å². The number of amides is 2. The van der Waals surface area contributed by atoms with Crippen molar-refractivity contribution in [2.45, 2.75) is 46.7 Å². The lowest BCUT2D eigenvalue weighted by molar-refractivity contribution is -0.119. The van der Waals surface area contributed by atoms with Gasteiger partial charge in [-0.2, -0.15) is 0 Å². The molecule has 1 rings (SSSR count). The molecule has 0 heterocycles. The minimum Gasteiger partial charge on any atom is -0.396 e. The van der Waals surface area contributed by atoms with Crippen molar-refractivity contribution in [3.8, 4) is 0 Å². The molecule has 1 unspecified atom stereocenters. The molecule has 0 radical (unpaired) electrons. The molecule has 1 aromatic carbocycles.